The minimum atomic E-state index is -0.638. The molecule has 4 nitrogen and oxygen atoms in total. The van der Waals surface area contributed by atoms with Crippen molar-refractivity contribution in [1.29, 1.82) is 0 Å². The average Bonchev–Trinajstić information content (AvgIpc) is 2.87. The molecule has 3 rings (SSSR count). The van der Waals surface area contributed by atoms with Gasteiger partial charge in [-0.15, -0.1) is 11.8 Å². The third-order valence-corrected chi connectivity index (χ3v) is 7.67. The van der Waals surface area contributed by atoms with E-state index >= 15 is 0 Å². The number of amides is 2. The number of hydrogen-bond acceptors (Lipinski definition) is 3. The van der Waals surface area contributed by atoms with Crippen LogP contribution in [0.15, 0.2) is 83.3 Å². The Hall–Kier alpha value is -2.28. The first kappa shape index (κ1) is 28.3. The van der Waals surface area contributed by atoms with Crippen molar-refractivity contribution in [3.63, 3.8) is 0 Å². The number of nitrogens with zero attached hydrogens (tertiary/aromatic N) is 1. The van der Waals surface area contributed by atoms with Crippen molar-refractivity contribution in [2.75, 3.05) is 5.75 Å². The highest BCUT2D eigenvalue weighted by Gasteiger charge is 2.30. The molecule has 36 heavy (non-hydrogen) atoms. The Morgan fingerprint density at radius 3 is 2.33 bits per heavy atom. The van der Waals surface area contributed by atoms with Gasteiger partial charge in [0.1, 0.15) is 6.04 Å². The molecule has 0 heterocycles. The molecule has 0 saturated heterocycles. The second-order valence-electron chi connectivity index (χ2n) is 8.79. The number of carbonyl (C=O) groups excluding carboxylic acids is 2. The van der Waals surface area contributed by atoms with Gasteiger partial charge in [0, 0.05) is 34.3 Å². The summed E-state index contributed by atoms with van der Waals surface area (Å²) in [4.78, 5) is 28.9. The first-order valence-electron chi connectivity index (χ1n) is 12.1. The van der Waals surface area contributed by atoms with Crippen LogP contribution in [0.3, 0.4) is 0 Å². The van der Waals surface area contributed by atoms with E-state index in [0.717, 1.165) is 27.6 Å². The van der Waals surface area contributed by atoms with Crippen molar-refractivity contribution in [1.82, 2.24) is 10.2 Å². The molecule has 1 N–H and O–H groups in total. The zero-order valence-electron chi connectivity index (χ0n) is 20.6. The average molecular weight is 588 g/mol. The van der Waals surface area contributed by atoms with E-state index in [1.165, 1.54) is 0 Å². The standard InChI is InChI=1S/C29H32BrClN2O2S/c1-3-21(2)32-29(35)27(17-22-8-5-4-6-9-22)33(18-24-10-7-11-26(31)16-24)28(34)20-36-19-23-12-14-25(30)15-13-23/h4-16,21,27H,3,17-20H2,1-2H3,(H,32,35)/t21-,27-/m1/s1. The summed E-state index contributed by atoms with van der Waals surface area (Å²) in [6.07, 6.45) is 1.25. The number of nitrogens with one attached hydrogen (secondary N) is 1. The molecule has 0 unspecified atom stereocenters. The fraction of sp³-hybridized carbons (Fsp3) is 0.310. The number of rotatable bonds is 12. The SMILES string of the molecule is CC[C@@H](C)NC(=O)[C@@H](Cc1ccccc1)N(Cc1cccc(Cl)c1)C(=O)CSCc1ccc(Br)cc1. The van der Waals surface area contributed by atoms with Crippen molar-refractivity contribution in [3.8, 4) is 0 Å². The minimum Gasteiger partial charge on any atom is -0.352 e. The van der Waals surface area contributed by atoms with Gasteiger partial charge in [-0.1, -0.05) is 89.1 Å². The Balaban J connectivity index is 1.85. The highest BCUT2D eigenvalue weighted by Crippen LogP contribution is 2.21. The van der Waals surface area contributed by atoms with Crippen LogP contribution in [0.1, 0.15) is 37.0 Å². The van der Waals surface area contributed by atoms with E-state index in [2.05, 4.69) is 21.2 Å². The van der Waals surface area contributed by atoms with E-state index in [1.807, 2.05) is 92.7 Å². The van der Waals surface area contributed by atoms with Crippen LogP contribution in [0.2, 0.25) is 5.02 Å². The lowest BCUT2D eigenvalue weighted by atomic mass is 10.0. The van der Waals surface area contributed by atoms with Crippen LogP contribution in [0.5, 0.6) is 0 Å². The Bertz CT molecular complexity index is 1130. The number of hydrogen-bond donors (Lipinski definition) is 1. The van der Waals surface area contributed by atoms with Crippen LogP contribution < -0.4 is 5.32 Å². The van der Waals surface area contributed by atoms with Gasteiger partial charge in [-0.25, -0.2) is 0 Å². The lowest BCUT2D eigenvalue weighted by Crippen LogP contribution is -2.52. The van der Waals surface area contributed by atoms with Crippen molar-refractivity contribution in [2.24, 2.45) is 0 Å². The molecule has 2 atom stereocenters. The zero-order valence-corrected chi connectivity index (χ0v) is 23.8. The number of carbonyl (C=O) groups is 2. The number of halogens is 2. The van der Waals surface area contributed by atoms with E-state index in [4.69, 9.17) is 11.6 Å². The Morgan fingerprint density at radius 1 is 0.972 bits per heavy atom. The van der Waals surface area contributed by atoms with Crippen LogP contribution in [0.25, 0.3) is 0 Å². The van der Waals surface area contributed by atoms with E-state index in [-0.39, 0.29) is 23.6 Å². The van der Waals surface area contributed by atoms with E-state index in [0.29, 0.717) is 23.7 Å². The van der Waals surface area contributed by atoms with Gasteiger partial charge < -0.3 is 10.2 Å². The van der Waals surface area contributed by atoms with Gasteiger partial charge in [-0.05, 0) is 54.3 Å². The molecule has 0 radical (unpaired) electrons. The largest absolute Gasteiger partial charge is 0.352 e. The third kappa shape index (κ3) is 8.99. The number of thioether (sulfide) groups is 1. The van der Waals surface area contributed by atoms with Crippen molar-refractivity contribution < 1.29 is 9.59 Å². The monoisotopic (exact) mass is 586 g/mol. The normalized spacial score (nSPS) is 12.6. The van der Waals surface area contributed by atoms with Gasteiger partial charge in [0.05, 0.1) is 5.75 Å². The molecule has 0 bridgehead atoms. The summed E-state index contributed by atoms with van der Waals surface area (Å²) in [6.45, 7) is 4.32. The predicted molar refractivity (Wildman–Crippen MR) is 154 cm³/mol. The zero-order chi connectivity index (χ0) is 25.9. The smallest absolute Gasteiger partial charge is 0.243 e. The molecule has 190 valence electrons. The lowest BCUT2D eigenvalue weighted by molar-refractivity contribution is -0.139. The molecule has 2 amide bonds. The molecule has 7 heteroatoms. The second-order valence-corrected chi connectivity index (χ2v) is 11.1. The van der Waals surface area contributed by atoms with Crippen LogP contribution in [-0.2, 0) is 28.3 Å². The fourth-order valence-corrected chi connectivity index (χ4v) is 5.09. The Labute approximate surface area is 231 Å². The minimum absolute atomic E-state index is 0.0191. The maximum Gasteiger partial charge on any atom is 0.243 e. The van der Waals surface area contributed by atoms with Gasteiger partial charge in [0.15, 0.2) is 0 Å². The van der Waals surface area contributed by atoms with E-state index in [1.54, 1.807) is 16.7 Å². The maximum atomic E-state index is 13.7. The van der Waals surface area contributed by atoms with Gasteiger partial charge in [0.25, 0.3) is 0 Å². The topological polar surface area (TPSA) is 49.4 Å². The van der Waals surface area contributed by atoms with Gasteiger partial charge in [-0.2, -0.15) is 0 Å². The first-order valence-corrected chi connectivity index (χ1v) is 14.4. The molecule has 0 fully saturated rings. The summed E-state index contributed by atoms with van der Waals surface area (Å²) >= 11 is 11.2. The molecule has 3 aromatic carbocycles. The lowest BCUT2D eigenvalue weighted by Gasteiger charge is -2.32. The third-order valence-electron chi connectivity index (χ3n) is 5.92. The summed E-state index contributed by atoms with van der Waals surface area (Å²) in [5, 5.41) is 3.70. The molecular formula is C29H32BrClN2O2S. The molecule has 0 aliphatic carbocycles. The predicted octanol–water partition coefficient (Wildman–Crippen LogP) is 6.89. The van der Waals surface area contributed by atoms with Gasteiger partial charge >= 0.3 is 0 Å². The quantitative estimate of drug-likeness (QED) is 0.251. The highest BCUT2D eigenvalue weighted by molar-refractivity contribution is 9.10. The summed E-state index contributed by atoms with van der Waals surface area (Å²) in [5.74, 6) is 0.782. The van der Waals surface area contributed by atoms with Crippen LogP contribution in [0, 0.1) is 0 Å². The summed E-state index contributed by atoms with van der Waals surface area (Å²) < 4.78 is 1.02. The van der Waals surface area contributed by atoms with Crippen molar-refractivity contribution >= 4 is 51.1 Å². The van der Waals surface area contributed by atoms with E-state index in [9.17, 15) is 9.59 Å². The van der Waals surface area contributed by atoms with Crippen molar-refractivity contribution in [2.45, 2.75) is 51.1 Å². The second kappa shape index (κ2) is 14.5. The molecule has 3 aromatic rings. The fourth-order valence-electron chi connectivity index (χ4n) is 3.75. The summed E-state index contributed by atoms with van der Waals surface area (Å²) in [5.41, 5.74) is 3.05. The van der Waals surface area contributed by atoms with Crippen LogP contribution >= 0.6 is 39.3 Å². The first-order chi connectivity index (χ1) is 17.4. The van der Waals surface area contributed by atoms with Gasteiger partial charge in [0.2, 0.25) is 11.8 Å². The maximum absolute atomic E-state index is 13.7. The summed E-state index contributed by atoms with van der Waals surface area (Å²) in [6, 6.07) is 24.8. The number of benzene rings is 3. The van der Waals surface area contributed by atoms with Crippen molar-refractivity contribution in [3.05, 3.63) is 105 Å². The molecule has 0 saturated carbocycles. The molecule has 0 aliphatic heterocycles. The Morgan fingerprint density at radius 2 is 1.67 bits per heavy atom. The molecule has 0 spiro atoms. The summed E-state index contributed by atoms with van der Waals surface area (Å²) in [7, 11) is 0. The van der Waals surface area contributed by atoms with Gasteiger partial charge in [-0.3, -0.25) is 9.59 Å². The highest BCUT2D eigenvalue weighted by atomic mass is 79.9. The van der Waals surface area contributed by atoms with Crippen LogP contribution in [0.4, 0.5) is 0 Å². The van der Waals surface area contributed by atoms with E-state index < -0.39 is 6.04 Å². The molecular weight excluding hydrogens is 556 g/mol. The Kier molecular flexibility index (Phi) is 11.4. The van der Waals surface area contributed by atoms with Crippen LogP contribution in [-0.4, -0.2) is 34.6 Å². The molecule has 0 aromatic heterocycles. The molecule has 0 aliphatic rings.